The Morgan fingerprint density at radius 1 is 1.32 bits per heavy atom. The molecule has 0 radical (unpaired) electrons. The zero-order valence-corrected chi connectivity index (χ0v) is 14.5. The number of amides is 1. The molecule has 7 heteroatoms. The van der Waals surface area contributed by atoms with Gasteiger partial charge in [-0.2, -0.15) is 4.98 Å². The van der Waals surface area contributed by atoms with Gasteiger partial charge in [0.25, 0.3) is 5.91 Å². The predicted molar refractivity (Wildman–Crippen MR) is 90.1 cm³/mol. The first-order valence-electron chi connectivity index (χ1n) is 8.54. The van der Waals surface area contributed by atoms with Crippen molar-refractivity contribution in [3.05, 3.63) is 41.4 Å². The van der Waals surface area contributed by atoms with Crippen LogP contribution >= 0.6 is 0 Å². The summed E-state index contributed by atoms with van der Waals surface area (Å²) >= 11 is 0. The summed E-state index contributed by atoms with van der Waals surface area (Å²) in [5, 5.41) is 4.08. The molecular weight excluding hydrogens is 320 g/mol. The summed E-state index contributed by atoms with van der Waals surface area (Å²) in [6, 6.07) is 5.23. The fourth-order valence-electron chi connectivity index (χ4n) is 3.17. The summed E-state index contributed by atoms with van der Waals surface area (Å²) in [5.74, 6) is 1.47. The van der Waals surface area contributed by atoms with Gasteiger partial charge in [0.2, 0.25) is 5.89 Å². The van der Waals surface area contributed by atoms with E-state index in [4.69, 9.17) is 8.94 Å². The van der Waals surface area contributed by atoms with Crippen molar-refractivity contribution >= 4 is 17.0 Å². The lowest BCUT2D eigenvalue weighted by Gasteiger charge is -2.20. The number of nitrogens with zero attached hydrogens (tertiary/aromatic N) is 4. The molecule has 4 heterocycles. The van der Waals surface area contributed by atoms with Gasteiger partial charge < -0.3 is 13.8 Å². The number of pyridine rings is 1. The highest BCUT2D eigenvalue weighted by molar-refractivity contribution is 5.95. The molecule has 1 saturated heterocycles. The summed E-state index contributed by atoms with van der Waals surface area (Å²) in [6.07, 6.45) is 1.72. The molecule has 0 aromatic carbocycles. The van der Waals surface area contributed by atoms with Gasteiger partial charge in [0.15, 0.2) is 17.2 Å². The van der Waals surface area contributed by atoms with Crippen LogP contribution in [0.25, 0.3) is 11.1 Å². The quantitative estimate of drug-likeness (QED) is 0.724. The summed E-state index contributed by atoms with van der Waals surface area (Å²) in [7, 11) is 0. The first-order chi connectivity index (χ1) is 12.0. The van der Waals surface area contributed by atoms with Crippen LogP contribution in [0.3, 0.4) is 0 Å². The Balaban J connectivity index is 1.62. The number of fused-ring (bicyclic) bond motifs is 1. The average Bonchev–Trinajstić information content (AvgIpc) is 3.31. The molecule has 0 bridgehead atoms. The third-order valence-corrected chi connectivity index (χ3v) is 4.49. The van der Waals surface area contributed by atoms with Gasteiger partial charge in [0, 0.05) is 24.2 Å². The van der Waals surface area contributed by atoms with Gasteiger partial charge in [-0.15, -0.1) is 0 Å². The smallest absolute Gasteiger partial charge is 0.290 e. The number of hydrogen-bond acceptors (Lipinski definition) is 6. The average molecular weight is 340 g/mol. The largest absolute Gasteiger partial charge is 0.449 e. The van der Waals surface area contributed by atoms with Crippen LogP contribution in [-0.4, -0.2) is 32.5 Å². The lowest BCUT2D eigenvalue weighted by molar-refractivity contribution is 0.0698. The second-order valence-corrected chi connectivity index (χ2v) is 6.75. The number of likely N-dealkylation sites (tertiary alicyclic amines) is 1. The summed E-state index contributed by atoms with van der Waals surface area (Å²) in [5.41, 5.74) is 2.20. The first-order valence-corrected chi connectivity index (χ1v) is 8.54. The molecule has 1 atom stereocenters. The molecule has 130 valence electrons. The lowest BCUT2D eigenvalue weighted by Crippen LogP contribution is -2.30. The molecule has 0 N–H and O–H groups in total. The van der Waals surface area contributed by atoms with Crippen LogP contribution in [0.15, 0.2) is 27.1 Å². The first kappa shape index (κ1) is 15.8. The van der Waals surface area contributed by atoms with Crippen LogP contribution in [0, 0.1) is 6.92 Å². The van der Waals surface area contributed by atoms with E-state index < -0.39 is 0 Å². The van der Waals surface area contributed by atoms with E-state index >= 15 is 0 Å². The summed E-state index contributed by atoms with van der Waals surface area (Å²) in [4.78, 5) is 23.6. The molecule has 0 saturated carbocycles. The van der Waals surface area contributed by atoms with E-state index in [0.29, 0.717) is 35.1 Å². The van der Waals surface area contributed by atoms with E-state index in [9.17, 15) is 4.79 Å². The van der Waals surface area contributed by atoms with Gasteiger partial charge in [0.05, 0.1) is 6.04 Å². The third kappa shape index (κ3) is 2.79. The van der Waals surface area contributed by atoms with Crippen LogP contribution in [-0.2, 0) is 0 Å². The minimum atomic E-state index is -0.174. The van der Waals surface area contributed by atoms with Crippen molar-refractivity contribution in [2.45, 2.75) is 45.6 Å². The molecule has 1 aliphatic rings. The van der Waals surface area contributed by atoms with Crippen molar-refractivity contribution < 1.29 is 13.7 Å². The molecule has 0 unspecified atom stereocenters. The van der Waals surface area contributed by atoms with Crippen molar-refractivity contribution in [1.29, 1.82) is 0 Å². The minimum absolute atomic E-state index is 0.158. The number of furan rings is 1. The number of aryl methyl sites for hydroxylation is 1. The van der Waals surface area contributed by atoms with Gasteiger partial charge in [-0.3, -0.25) is 4.79 Å². The van der Waals surface area contributed by atoms with Gasteiger partial charge in [0.1, 0.15) is 5.52 Å². The maximum absolute atomic E-state index is 12.9. The predicted octanol–water partition coefficient (Wildman–Crippen LogP) is 3.62. The zero-order valence-electron chi connectivity index (χ0n) is 14.5. The Kier molecular flexibility index (Phi) is 3.78. The molecule has 3 aromatic rings. The zero-order chi connectivity index (χ0) is 17.6. The van der Waals surface area contributed by atoms with E-state index in [0.717, 1.165) is 18.5 Å². The van der Waals surface area contributed by atoms with E-state index in [1.165, 1.54) is 0 Å². The number of aromatic nitrogens is 3. The molecule has 0 spiro atoms. The number of hydrogen-bond donors (Lipinski definition) is 0. The Hall–Kier alpha value is -2.70. The molecule has 0 aliphatic carbocycles. The molecular formula is C18H20N4O3. The molecule has 25 heavy (non-hydrogen) atoms. The highest BCUT2D eigenvalue weighted by atomic mass is 16.5. The standard InChI is InChI=1S/C18H20N4O3/c1-10(2)17-20-16(21-25-17)13-5-4-8-22(13)18(23)15-9-12-14(24-15)7-6-11(3)19-12/h6-7,9-10,13H,4-5,8H2,1-3H3/t13-/m0/s1. The molecule has 1 fully saturated rings. The fourth-order valence-corrected chi connectivity index (χ4v) is 3.17. The maximum Gasteiger partial charge on any atom is 0.290 e. The highest BCUT2D eigenvalue weighted by Gasteiger charge is 2.35. The van der Waals surface area contributed by atoms with E-state index in [1.54, 1.807) is 11.0 Å². The normalized spacial score (nSPS) is 17.8. The third-order valence-electron chi connectivity index (χ3n) is 4.49. The molecule has 7 nitrogen and oxygen atoms in total. The van der Waals surface area contributed by atoms with E-state index in [1.807, 2.05) is 32.9 Å². The van der Waals surface area contributed by atoms with Crippen LogP contribution < -0.4 is 0 Å². The van der Waals surface area contributed by atoms with Crippen molar-refractivity contribution in [2.24, 2.45) is 0 Å². The minimum Gasteiger partial charge on any atom is -0.449 e. The van der Waals surface area contributed by atoms with Gasteiger partial charge in [-0.05, 0) is 31.9 Å². The lowest BCUT2D eigenvalue weighted by atomic mass is 10.2. The Morgan fingerprint density at radius 3 is 2.92 bits per heavy atom. The second-order valence-electron chi connectivity index (χ2n) is 6.75. The van der Waals surface area contributed by atoms with Crippen molar-refractivity contribution in [3.63, 3.8) is 0 Å². The van der Waals surface area contributed by atoms with Gasteiger partial charge in [-0.25, -0.2) is 4.98 Å². The van der Waals surface area contributed by atoms with Gasteiger partial charge in [-0.1, -0.05) is 19.0 Å². The van der Waals surface area contributed by atoms with Crippen molar-refractivity contribution in [2.75, 3.05) is 6.54 Å². The Labute approximate surface area is 145 Å². The van der Waals surface area contributed by atoms with Gasteiger partial charge >= 0.3 is 0 Å². The Bertz CT molecular complexity index is 927. The Morgan fingerprint density at radius 2 is 2.16 bits per heavy atom. The van der Waals surface area contributed by atoms with Crippen LogP contribution in [0.1, 0.15) is 66.6 Å². The number of carbonyl (C=O) groups is 1. The van der Waals surface area contributed by atoms with Crippen LogP contribution in [0.2, 0.25) is 0 Å². The topological polar surface area (TPSA) is 85.3 Å². The van der Waals surface area contributed by atoms with Crippen LogP contribution in [0.4, 0.5) is 0 Å². The van der Waals surface area contributed by atoms with Crippen molar-refractivity contribution in [3.8, 4) is 0 Å². The number of rotatable bonds is 3. The van der Waals surface area contributed by atoms with E-state index in [2.05, 4.69) is 15.1 Å². The SMILES string of the molecule is Cc1ccc2oc(C(=O)N3CCC[C@H]3c3noc(C(C)C)n3)cc2n1. The van der Waals surface area contributed by atoms with E-state index in [-0.39, 0.29) is 17.9 Å². The highest BCUT2D eigenvalue weighted by Crippen LogP contribution is 2.33. The molecule has 4 rings (SSSR count). The second kappa shape index (κ2) is 5.98. The summed E-state index contributed by atoms with van der Waals surface area (Å²) in [6.45, 7) is 6.56. The van der Waals surface area contributed by atoms with Crippen LogP contribution in [0.5, 0.6) is 0 Å². The molecule has 3 aromatic heterocycles. The maximum atomic E-state index is 12.9. The molecule has 1 aliphatic heterocycles. The fraction of sp³-hybridized carbons (Fsp3) is 0.444. The number of carbonyl (C=O) groups excluding carboxylic acids is 1. The van der Waals surface area contributed by atoms with Crippen molar-refractivity contribution in [1.82, 2.24) is 20.0 Å². The summed E-state index contributed by atoms with van der Waals surface area (Å²) < 4.78 is 11.0. The monoisotopic (exact) mass is 340 g/mol. The molecule has 1 amide bonds.